The number of carbonyl (C=O) groups is 1. The Morgan fingerprint density at radius 2 is 1.96 bits per heavy atom. The molecule has 2 aromatic carbocycles. The lowest BCUT2D eigenvalue weighted by Gasteiger charge is -2.17. The van der Waals surface area contributed by atoms with Crippen LogP contribution in [0.3, 0.4) is 0 Å². The fourth-order valence-corrected chi connectivity index (χ4v) is 4.32. The molecule has 0 saturated carbocycles. The van der Waals surface area contributed by atoms with Gasteiger partial charge in [-0.2, -0.15) is 0 Å². The molecule has 1 aromatic heterocycles. The summed E-state index contributed by atoms with van der Waals surface area (Å²) in [5.41, 5.74) is 5.25. The van der Waals surface area contributed by atoms with Gasteiger partial charge in [-0.25, -0.2) is 4.98 Å². The number of rotatable bonds is 6. The standard InChI is InChI=1S/C22H23N3O2S/c1-16-6-8-17(9-7-16)12-24-13-19(14-26)23-22(24)28-15-21(27)25-11-10-18-4-2-3-5-20(18)25/h2-9,13,26H,10-12,14-15H2,1H3. The van der Waals surface area contributed by atoms with Crippen LogP contribution in [0.1, 0.15) is 22.4 Å². The molecule has 4 rings (SSSR count). The van der Waals surface area contributed by atoms with Crippen LogP contribution in [0.25, 0.3) is 0 Å². The molecule has 1 aliphatic rings. The van der Waals surface area contributed by atoms with Gasteiger partial charge in [0.1, 0.15) is 0 Å². The number of aromatic nitrogens is 2. The Bertz CT molecular complexity index is 982. The van der Waals surface area contributed by atoms with Crippen molar-refractivity contribution in [1.29, 1.82) is 0 Å². The van der Waals surface area contributed by atoms with Gasteiger partial charge < -0.3 is 14.6 Å². The highest BCUT2D eigenvalue weighted by Crippen LogP contribution is 2.29. The van der Waals surface area contributed by atoms with E-state index in [-0.39, 0.29) is 12.5 Å². The number of aryl methyl sites for hydroxylation is 1. The Hall–Kier alpha value is -2.57. The Kier molecular flexibility index (Phi) is 5.50. The molecule has 0 spiro atoms. The molecule has 1 amide bonds. The van der Waals surface area contributed by atoms with Crippen LogP contribution in [0.5, 0.6) is 0 Å². The van der Waals surface area contributed by atoms with E-state index in [2.05, 4.69) is 42.2 Å². The van der Waals surface area contributed by atoms with Crippen LogP contribution in [0, 0.1) is 6.92 Å². The maximum atomic E-state index is 12.8. The molecule has 5 nitrogen and oxygen atoms in total. The number of hydrogen-bond acceptors (Lipinski definition) is 4. The van der Waals surface area contributed by atoms with Gasteiger partial charge >= 0.3 is 0 Å². The lowest BCUT2D eigenvalue weighted by molar-refractivity contribution is -0.116. The normalized spacial score (nSPS) is 13.0. The van der Waals surface area contributed by atoms with E-state index in [0.29, 0.717) is 18.0 Å². The van der Waals surface area contributed by atoms with E-state index in [1.165, 1.54) is 22.9 Å². The number of carbonyl (C=O) groups excluding carboxylic acids is 1. The van der Waals surface area contributed by atoms with E-state index in [4.69, 9.17) is 0 Å². The van der Waals surface area contributed by atoms with Crippen molar-refractivity contribution in [1.82, 2.24) is 9.55 Å². The molecule has 2 heterocycles. The van der Waals surface area contributed by atoms with E-state index in [1.54, 1.807) is 0 Å². The van der Waals surface area contributed by atoms with E-state index in [1.807, 2.05) is 33.9 Å². The number of hydrogen-bond donors (Lipinski definition) is 1. The van der Waals surface area contributed by atoms with Crippen molar-refractivity contribution in [3.05, 3.63) is 77.1 Å². The van der Waals surface area contributed by atoms with Gasteiger partial charge in [-0.3, -0.25) is 4.79 Å². The van der Waals surface area contributed by atoms with Gasteiger partial charge in [-0.05, 0) is 30.5 Å². The quantitative estimate of drug-likeness (QED) is 0.652. The third-order valence-corrected chi connectivity index (χ3v) is 5.91. The molecule has 0 bridgehead atoms. The molecule has 144 valence electrons. The number of aliphatic hydroxyl groups is 1. The fourth-order valence-electron chi connectivity index (χ4n) is 3.45. The summed E-state index contributed by atoms with van der Waals surface area (Å²) in [5, 5.41) is 10.2. The number of anilines is 1. The molecule has 0 unspecified atom stereocenters. The number of para-hydroxylation sites is 1. The summed E-state index contributed by atoms with van der Waals surface area (Å²) in [6.45, 7) is 3.35. The first-order chi connectivity index (χ1) is 13.6. The van der Waals surface area contributed by atoms with Crippen molar-refractivity contribution in [3.8, 4) is 0 Å². The Balaban J connectivity index is 1.46. The molecule has 1 aliphatic heterocycles. The highest BCUT2D eigenvalue weighted by Gasteiger charge is 2.24. The second kappa shape index (κ2) is 8.20. The van der Waals surface area contributed by atoms with Crippen LogP contribution < -0.4 is 4.90 Å². The first kappa shape index (κ1) is 18.8. The molecule has 0 aliphatic carbocycles. The van der Waals surface area contributed by atoms with E-state index in [0.717, 1.165) is 29.4 Å². The van der Waals surface area contributed by atoms with Gasteiger partial charge in [-0.1, -0.05) is 59.8 Å². The molecule has 28 heavy (non-hydrogen) atoms. The van der Waals surface area contributed by atoms with Crippen LogP contribution in [-0.4, -0.2) is 32.9 Å². The number of amides is 1. The minimum Gasteiger partial charge on any atom is -0.390 e. The largest absolute Gasteiger partial charge is 0.390 e. The molecule has 0 radical (unpaired) electrons. The van der Waals surface area contributed by atoms with Crippen molar-refractivity contribution >= 4 is 23.4 Å². The minimum absolute atomic E-state index is 0.0883. The summed E-state index contributed by atoms with van der Waals surface area (Å²) in [6, 6.07) is 16.4. The third kappa shape index (κ3) is 3.98. The Morgan fingerprint density at radius 3 is 2.75 bits per heavy atom. The Morgan fingerprint density at radius 1 is 1.18 bits per heavy atom. The zero-order valence-electron chi connectivity index (χ0n) is 15.8. The molecule has 0 saturated heterocycles. The van der Waals surface area contributed by atoms with Crippen molar-refractivity contribution in [2.45, 2.75) is 31.7 Å². The van der Waals surface area contributed by atoms with Crippen LogP contribution >= 0.6 is 11.8 Å². The molecular formula is C22H23N3O2S. The predicted molar refractivity (Wildman–Crippen MR) is 112 cm³/mol. The van der Waals surface area contributed by atoms with Crippen molar-refractivity contribution in [3.63, 3.8) is 0 Å². The molecule has 0 fully saturated rings. The third-order valence-electron chi connectivity index (χ3n) is 4.94. The van der Waals surface area contributed by atoms with Crippen molar-refractivity contribution in [2.75, 3.05) is 17.2 Å². The summed E-state index contributed by atoms with van der Waals surface area (Å²) in [4.78, 5) is 19.1. The summed E-state index contributed by atoms with van der Waals surface area (Å²) in [6.07, 6.45) is 2.76. The maximum Gasteiger partial charge on any atom is 0.237 e. The lowest BCUT2D eigenvalue weighted by atomic mass is 10.1. The monoisotopic (exact) mass is 393 g/mol. The van der Waals surface area contributed by atoms with E-state index >= 15 is 0 Å². The van der Waals surface area contributed by atoms with Crippen molar-refractivity contribution in [2.24, 2.45) is 0 Å². The summed E-state index contributed by atoms with van der Waals surface area (Å²) in [7, 11) is 0. The van der Waals surface area contributed by atoms with E-state index in [9.17, 15) is 9.90 Å². The maximum absolute atomic E-state index is 12.8. The van der Waals surface area contributed by atoms with Crippen molar-refractivity contribution < 1.29 is 9.90 Å². The summed E-state index contributed by atoms with van der Waals surface area (Å²) in [5.74, 6) is 0.412. The highest BCUT2D eigenvalue weighted by molar-refractivity contribution is 7.99. The first-order valence-electron chi connectivity index (χ1n) is 9.37. The van der Waals surface area contributed by atoms with Gasteiger partial charge in [0.25, 0.3) is 0 Å². The lowest BCUT2D eigenvalue weighted by Crippen LogP contribution is -2.30. The molecule has 0 atom stereocenters. The number of fused-ring (bicyclic) bond motifs is 1. The molecule has 6 heteroatoms. The van der Waals surface area contributed by atoms with Gasteiger partial charge in [0.15, 0.2) is 5.16 Å². The van der Waals surface area contributed by atoms with Crippen LogP contribution in [0.2, 0.25) is 0 Å². The topological polar surface area (TPSA) is 58.4 Å². The average molecular weight is 394 g/mol. The van der Waals surface area contributed by atoms with Gasteiger partial charge in [0.05, 0.1) is 18.1 Å². The molecular weight excluding hydrogens is 370 g/mol. The zero-order chi connectivity index (χ0) is 19.5. The van der Waals surface area contributed by atoms with Crippen LogP contribution in [0.4, 0.5) is 5.69 Å². The number of nitrogens with zero attached hydrogens (tertiary/aromatic N) is 3. The van der Waals surface area contributed by atoms with E-state index < -0.39 is 0 Å². The summed E-state index contributed by atoms with van der Waals surface area (Å²) < 4.78 is 2.01. The number of aliphatic hydroxyl groups excluding tert-OH is 1. The molecule has 3 aromatic rings. The van der Waals surface area contributed by atoms with Crippen LogP contribution in [-0.2, 0) is 24.4 Å². The number of imidazole rings is 1. The molecule has 1 N–H and O–H groups in total. The highest BCUT2D eigenvalue weighted by atomic mass is 32.2. The van der Waals surface area contributed by atoms with Gasteiger partial charge in [-0.15, -0.1) is 0 Å². The fraction of sp³-hybridized carbons (Fsp3) is 0.273. The second-order valence-corrected chi connectivity index (χ2v) is 7.94. The summed E-state index contributed by atoms with van der Waals surface area (Å²) >= 11 is 1.42. The van der Waals surface area contributed by atoms with Crippen LogP contribution in [0.15, 0.2) is 59.9 Å². The SMILES string of the molecule is Cc1ccc(Cn2cc(CO)nc2SCC(=O)N2CCc3ccccc32)cc1. The zero-order valence-corrected chi connectivity index (χ0v) is 16.7. The van der Waals surface area contributed by atoms with Gasteiger partial charge in [0, 0.05) is 25.0 Å². The Labute approximate surface area is 169 Å². The average Bonchev–Trinajstić information content (AvgIpc) is 3.32. The second-order valence-electron chi connectivity index (χ2n) is 7.00. The minimum atomic E-state index is -0.109. The van der Waals surface area contributed by atoms with Gasteiger partial charge in [0.2, 0.25) is 5.91 Å². The number of benzene rings is 2. The smallest absolute Gasteiger partial charge is 0.237 e. The predicted octanol–water partition coefficient (Wildman–Crippen LogP) is 3.41. The number of thioether (sulfide) groups is 1. The first-order valence-corrected chi connectivity index (χ1v) is 10.4.